The van der Waals surface area contributed by atoms with Crippen LogP contribution in [0.15, 0.2) is 48.8 Å². The lowest BCUT2D eigenvalue weighted by molar-refractivity contribution is -0.684. The molecule has 1 saturated heterocycles. The van der Waals surface area contributed by atoms with Gasteiger partial charge in [0.2, 0.25) is 12.5 Å². The van der Waals surface area contributed by atoms with E-state index in [9.17, 15) is 14.7 Å². The highest BCUT2D eigenvalue weighted by atomic mass is 33.1. The fraction of sp³-hybridized carbons (Fsp3) is 0.423. The van der Waals surface area contributed by atoms with Gasteiger partial charge in [0.25, 0.3) is 5.91 Å². The molecular weight excluding hydrogens is 480 g/mol. The van der Waals surface area contributed by atoms with Crippen molar-refractivity contribution >= 4 is 51.2 Å². The van der Waals surface area contributed by atoms with E-state index in [1.54, 1.807) is 21.6 Å². The summed E-state index contributed by atoms with van der Waals surface area (Å²) in [6, 6.07) is 12.4. The maximum atomic E-state index is 12.2. The Hall–Kier alpha value is -2.49. The van der Waals surface area contributed by atoms with Crippen LogP contribution in [0, 0.1) is 0 Å². The number of carbonyl (C=O) groups excluding carboxylic acids is 2. The van der Waals surface area contributed by atoms with Crippen molar-refractivity contribution in [2.24, 2.45) is 0 Å². The molecule has 0 aliphatic carbocycles. The van der Waals surface area contributed by atoms with E-state index < -0.39 is 0 Å². The molecule has 1 atom stereocenters. The zero-order valence-electron chi connectivity index (χ0n) is 20.2. The molecule has 2 aromatic rings. The number of benzene rings is 1. The fourth-order valence-electron chi connectivity index (χ4n) is 3.58. The molecule has 35 heavy (non-hydrogen) atoms. The van der Waals surface area contributed by atoms with Crippen LogP contribution in [-0.4, -0.2) is 60.7 Å². The standard InChI is InChI=1S/C26H34N4O3S2/c1-2-25(32)27-12-17-34-35-18-13-28-26(33)20-29-14-9-22(10-15-29)4-3-21-5-7-23(8-6-21)30-16-11-24(31)19-30/h3-10,14-15,24,31H,2,11-13,16-20H2,1H3,(H-,27,28,32,33)/p+1. The molecule has 188 valence electrons. The Labute approximate surface area is 215 Å². The molecule has 9 heteroatoms. The van der Waals surface area contributed by atoms with E-state index in [2.05, 4.69) is 52.0 Å². The van der Waals surface area contributed by atoms with Gasteiger partial charge in [0.15, 0.2) is 12.4 Å². The Morgan fingerprint density at radius 3 is 2.17 bits per heavy atom. The molecule has 0 spiro atoms. The summed E-state index contributed by atoms with van der Waals surface area (Å²) in [5.74, 6) is 1.75. The van der Waals surface area contributed by atoms with Gasteiger partial charge in [-0.15, -0.1) is 0 Å². The van der Waals surface area contributed by atoms with Crippen LogP contribution in [0.25, 0.3) is 12.2 Å². The Morgan fingerprint density at radius 1 is 1.00 bits per heavy atom. The predicted octanol–water partition coefficient (Wildman–Crippen LogP) is 2.74. The van der Waals surface area contributed by atoms with Crippen LogP contribution in [-0.2, 0) is 16.1 Å². The number of aliphatic hydroxyl groups excluding tert-OH is 1. The van der Waals surface area contributed by atoms with E-state index in [4.69, 9.17) is 0 Å². The second-order valence-corrected chi connectivity index (χ2v) is 11.0. The summed E-state index contributed by atoms with van der Waals surface area (Å²) in [6.45, 7) is 5.03. The lowest BCUT2D eigenvalue weighted by Gasteiger charge is -2.17. The summed E-state index contributed by atoms with van der Waals surface area (Å²) in [6.07, 6.45) is 9.08. The summed E-state index contributed by atoms with van der Waals surface area (Å²) < 4.78 is 1.87. The van der Waals surface area contributed by atoms with Crippen LogP contribution in [0.3, 0.4) is 0 Å². The van der Waals surface area contributed by atoms with Crippen LogP contribution in [0.2, 0.25) is 0 Å². The summed E-state index contributed by atoms with van der Waals surface area (Å²) in [4.78, 5) is 25.5. The minimum atomic E-state index is -0.220. The first-order chi connectivity index (χ1) is 17.0. The highest BCUT2D eigenvalue weighted by molar-refractivity contribution is 8.76. The Morgan fingerprint density at radius 2 is 1.60 bits per heavy atom. The molecule has 1 unspecified atom stereocenters. The maximum Gasteiger partial charge on any atom is 0.286 e. The molecule has 0 radical (unpaired) electrons. The first kappa shape index (κ1) is 27.1. The first-order valence-corrected chi connectivity index (χ1v) is 14.5. The van der Waals surface area contributed by atoms with Crippen molar-refractivity contribution < 1.29 is 19.3 Å². The van der Waals surface area contributed by atoms with E-state index in [1.165, 1.54) is 0 Å². The van der Waals surface area contributed by atoms with Gasteiger partial charge < -0.3 is 20.6 Å². The highest BCUT2D eigenvalue weighted by Gasteiger charge is 2.19. The van der Waals surface area contributed by atoms with E-state index in [0.717, 1.165) is 41.3 Å². The van der Waals surface area contributed by atoms with Crippen molar-refractivity contribution in [3.05, 3.63) is 59.9 Å². The number of hydrogen-bond acceptors (Lipinski definition) is 6. The molecule has 0 bridgehead atoms. The normalized spacial score (nSPS) is 15.5. The van der Waals surface area contributed by atoms with Gasteiger partial charge in [-0.3, -0.25) is 9.59 Å². The average Bonchev–Trinajstić information content (AvgIpc) is 3.31. The van der Waals surface area contributed by atoms with Crippen molar-refractivity contribution in [2.45, 2.75) is 32.4 Å². The minimum Gasteiger partial charge on any atom is -0.391 e. The maximum absolute atomic E-state index is 12.2. The number of nitrogens with one attached hydrogen (secondary N) is 2. The topological polar surface area (TPSA) is 85.6 Å². The molecule has 1 aliphatic heterocycles. The number of carbonyl (C=O) groups is 2. The van der Waals surface area contributed by atoms with E-state index in [1.807, 2.05) is 36.0 Å². The molecular formula is C26H35N4O3S2+. The number of hydrogen-bond donors (Lipinski definition) is 3. The second-order valence-electron chi connectivity index (χ2n) is 8.31. The first-order valence-electron chi connectivity index (χ1n) is 12.0. The SMILES string of the molecule is CCC(=O)NCCSSCCNC(=O)C[n+]1ccc(/C=C/c2ccc(N3CCC(O)C3)cc2)cc1. The van der Waals surface area contributed by atoms with Gasteiger partial charge >= 0.3 is 0 Å². The lowest BCUT2D eigenvalue weighted by Crippen LogP contribution is -2.42. The van der Waals surface area contributed by atoms with E-state index in [0.29, 0.717) is 26.1 Å². The summed E-state index contributed by atoms with van der Waals surface area (Å²) in [5.41, 5.74) is 3.33. The fourth-order valence-corrected chi connectivity index (χ4v) is 5.39. The zero-order valence-corrected chi connectivity index (χ0v) is 21.8. The molecule has 1 fully saturated rings. The van der Waals surface area contributed by atoms with Crippen molar-refractivity contribution in [1.82, 2.24) is 10.6 Å². The smallest absolute Gasteiger partial charge is 0.286 e. The number of rotatable bonds is 13. The van der Waals surface area contributed by atoms with Crippen LogP contribution in [0.5, 0.6) is 0 Å². The number of nitrogens with zero attached hydrogens (tertiary/aromatic N) is 2. The largest absolute Gasteiger partial charge is 0.391 e. The van der Waals surface area contributed by atoms with Crippen LogP contribution < -0.4 is 20.1 Å². The Kier molecular flexibility index (Phi) is 11.5. The third kappa shape index (κ3) is 9.95. The monoisotopic (exact) mass is 515 g/mol. The quantitative estimate of drug-likeness (QED) is 0.216. The number of β-amino-alcohol motifs (C(OH)–C–C–N with tert-alkyl or cyclic N) is 1. The molecule has 7 nitrogen and oxygen atoms in total. The van der Waals surface area contributed by atoms with Gasteiger partial charge in [0.1, 0.15) is 0 Å². The van der Waals surface area contributed by atoms with Crippen LogP contribution in [0.4, 0.5) is 5.69 Å². The van der Waals surface area contributed by atoms with Crippen LogP contribution in [0.1, 0.15) is 30.9 Å². The Balaban J connectivity index is 1.32. The molecule has 2 amide bonds. The molecule has 3 N–H and O–H groups in total. The van der Waals surface area contributed by atoms with Gasteiger partial charge in [-0.25, -0.2) is 0 Å². The van der Waals surface area contributed by atoms with Gasteiger partial charge in [0.05, 0.1) is 6.10 Å². The van der Waals surface area contributed by atoms with Gasteiger partial charge in [-0.2, -0.15) is 4.57 Å². The summed E-state index contributed by atoms with van der Waals surface area (Å²) in [7, 11) is 3.40. The molecule has 0 saturated carbocycles. The highest BCUT2D eigenvalue weighted by Crippen LogP contribution is 2.21. The van der Waals surface area contributed by atoms with Crippen molar-refractivity contribution in [3.63, 3.8) is 0 Å². The number of aliphatic hydroxyl groups is 1. The summed E-state index contributed by atoms with van der Waals surface area (Å²) in [5, 5.41) is 15.5. The minimum absolute atomic E-state index is 0.00953. The molecule has 2 heterocycles. The van der Waals surface area contributed by atoms with E-state index in [-0.39, 0.29) is 24.5 Å². The molecule has 1 aromatic carbocycles. The summed E-state index contributed by atoms with van der Waals surface area (Å²) >= 11 is 0. The Bertz CT molecular complexity index is 968. The number of anilines is 1. The number of pyridine rings is 1. The molecule has 1 aliphatic rings. The lowest BCUT2D eigenvalue weighted by atomic mass is 10.1. The molecule has 1 aromatic heterocycles. The number of aromatic nitrogens is 1. The van der Waals surface area contributed by atoms with E-state index >= 15 is 0 Å². The molecule has 3 rings (SSSR count). The van der Waals surface area contributed by atoms with Crippen LogP contribution >= 0.6 is 21.6 Å². The van der Waals surface area contributed by atoms with Gasteiger partial charge in [-0.1, -0.05) is 52.8 Å². The van der Waals surface area contributed by atoms with Crippen molar-refractivity contribution in [3.8, 4) is 0 Å². The zero-order chi connectivity index (χ0) is 24.9. The van der Waals surface area contributed by atoms with Gasteiger partial charge in [0, 0.05) is 61.9 Å². The average molecular weight is 516 g/mol. The second kappa shape index (κ2) is 14.8. The predicted molar refractivity (Wildman–Crippen MR) is 146 cm³/mol. The number of amides is 2. The van der Waals surface area contributed by atoms with Crippen molar-refractivity contribution in [2.75, 3.05) is 42.6 Å². The third-order valence-corrected chi connectivity index (χ3v) is 7.96. The van der Waals surface area contributed by atoms with Crippen molar-refractivity contribution in [1.29, 1.82) is 0 Å². The third-order valence-electron chi connectivity index (χ3n) is 5.55. The van der Waals surface area contributed by atoms with Gasteiger partial charge in [-0.05, 0) is 29.7 Å².